The van der Waals surface area contributed by atoms with Crippen molar-refractivity contribution in [3.8, 4) is 0 Å². The summed E-state index contributed by atoms with van der Waals surface area (Å²) in [6.07, 6.45) is 0.777. The van der Waals surface area contributed by atoms with Crippen molar-refractivity contribution in [1.29, 1.82) is 0 Å². The average Bonchev–Trinajstić information content (AvgIpc) is 1.98. The molecule has 1 unspecified atom stereocenters. The molecule has 0 spiro atoms. The Hall–Kier alpha value is -0.170. The molecule has 0 saturated carbocycles. The molecule has 0 aliphatic carbocycles. The van der Waals surface area contributed by atoms with Gasteiger partial charge in [0.25, 0.3) is 10.2 Å². The zero-order chi connectivity index (χ0) is 11.4. The Morgan fingerprint density at radius 1 is 1.36 bits per heavy atom. The molecule has 0 aromatic heterocycles. The van der Waals surface area contributed by atoms with Crippen LogP contribution >= 0.6 is 0 Å². The zero-order valence-corrected chi connectivity index (χ0v) is 10.1. The molecule has 0 aliphatic heterocycles. The second kappa shape index (κ2) is 5.06. The van der Waals surface area contributed by atoms with Crippen LogP contribution in [0.3, 0.4) is 0 Å². The Bertz CT molecular complexity index is 256. The summed E-state index contributed by atoms with van der Waals surface area (Å²) in [4.78, 5) is 0. The quantitative estimate of drug-likeness (QED) is 0.603. The van der Waals surface area contributed by atoms with E-state index in [1.165, 1.54) is 7.05 Å². The largest absolute Gasteiger partial charge is 0.326 e. The highest BCUT2D eigenvalue weighted by molar-refractivity contribution is 7.87. The Kier molecular flexibility index (Phi) is 5.00. The first-order valence-electron chi connectivity index (χ1n) is 4.60. The lowest BCUT2D eigenvalue weighted by molar-refractivity contribution is 0.338. The van der Waals surface area contributed by atoms with Crippen LogP contribution < -0.4 is 15.2 Å². The highest BCUT2D eigenvalue weighted by Gasteiger charge is 2.17. The van der Waals surface area contributed by atoms with Gasteiger partial charge in [-0.25, -0.2) is 9.44 Å². The van der Waals surface area contributed by atoms with Gasteiger partial charge in [-0.2, -0.15) is 8.42 Å². The minimum absolute atomic E-state index is 0.116. The molecule has 14 heavy (non-hydrogen) atoms. The first kappa shape index (κ1) is 13.8. The van der Waals surface area contributed by atoms with Gasteiger partial charge in [0.15, 0.2) is 0 Å². The molecule has 6 heteroatoms. The molecule has 0 heterocycles. The van der Waals surface area contributed by atoms with Crippen LogP contribution in [0.25, 0.3) is 0 Å². The van der Waals surface area contributed by atoms with E-state index < -0.39 is 10.2 Å². The highest BCUT2D eigenvalue weighted by atomic mass is 32.2. The number of nitrogens with two attached hydrogens (primary N) is 1. The van der Waals surface area contributed by atoms with Gasteiger partial charge in [0.2, 0.25) is 0 Å². The summed E-state index contributed by atoms with van der Waals surface area (Å²) in [5.41, 5.74) is 5.88. The molecule has 0 aromatic carbocycles. The Balaban J connectivity index is 3.93. The van der Waals surface area contributed by atoms with E-state index in [1.807, 2.05) is 0 Å². The molecule has 0 amide bonds. The topological polar surface area (TPSA) is 84.2 Å². The molecule has 0 bridgehead atoms. The van der Waals surface area contributed by atoms with E-state index >= 15 is 0 Å². The Morgan fingerprint density at radius 2 is 1.86 bits per heavy atom. The van der Waals surface area contributed by atoms with Crippen LogP contribution in [0, 0.1) is 5.41 Å². The van der Waals surface area contributed by atoms with Crippen molar-refractivity contribution < 1.29 is 8.42 Å². The van der Waals surface area contributed by atoms with Crippen molar-refractivity contribution in [2.45, 2.75) is 33.2 Å². The van der Waals surface area contributed by atoms with Gasteiger partial charge in [-0.3, -0.25) is 0 Å². The van der Waals surface area contributed by atoms with Crippen LogP contribution in [-0.4, -0.2) is 28.1 Å². The van der Waals surface area contributed by atoms with Crippen molar-refractivity contribution in [3.63, 3.8) is 0 Å². The minimum atomic E-state index is -3.35. The molecule has 5 nitrogen and oxygen atoms in total. The van der Waals surface area contributed by atoms with E-state index in [2.05, 4.69) is 30.2 Å². The summed E-state index contributed by atoms with van der Waals surface area (Å²) >= 11 is 0. The summed E-state index contributed by atoms with van der Waals surface area (Å²) in [5, 5.41) is 0. The van der Waals surface area contributed by atoms with Crippen molar-refractivity contribution in [1.82, 2.24) is 9.44 Å². The number of rotatable bonds is 5. The highest BCUT2D eigenvalue weighted by Crippen LogP contribution is 2.19. The van der Waals surface area contributed by atoms with Gasteiger partial charge < -0.3 is 5.73 Å². The smallest absolute Gasteiger partial charge is 0.276 e. The zero-order valence-electron chi connectivity index (χ0n) is 9.29. The van der Waals surface area contributed by atoms with Crippen molar-refractivity contribution >= 4 is 10.2 Å². The molecule has 0 radical (unpaired) electrons. The molecule has 0 rings (SSSR count). The van der Waals surface area contributed by atoms with Crippen LogP contribution in [0.15, 0.2) is 0 Å². The van der Waals surface area contributed by atoms with Gasteiger partial charge in [0.1, 0.15) is 0 Å². The third-order valence-electron chi connectivity index (χ3n) is 1.68. The molecular weight excluding hydrogens is 202 g/mol. The molecular formula is C8H21N3O2S. The van der Waals surface area contributed by atoms with E-state index in [0.29, 0.717) is 0 Å². The fourth-order valence-electron chi connectivity index (χ4n) is 1.15. The fraction of sp³-hybridized carbons (Fsp3) is 1.00. The van der Waals surface area contributed by atoms with Gasteiger partial charge in [0, 0.05) is 19.6 Å². The summed E-state index contributed by atoms with van der Waals surface area (Å²) in [5.74, 6) is 0. The van der Waals surface area contributed by atoms with Crippen LogP contribution in [0.4, 0.5) is 0 Å². The van der Waals surface area contributed by atoms with E-state index in [9.17, 15) is 8.42 Å². The number of hydrogen-bond donors (Lipinski definition) is 3. The van der Waals surface area contributed by atoms with Crippen LogP contribution in [0.2, 0.25) is 0 Å². The second-order valence-electron chi connectivity index (χ2n) is 4.58. The first-order chi connectivity index (χ1) is 6.16. The second-order valence-corrected chi connectivity index (χ2v) is 6.28. The van der Waals surface area contributed by atoms with Crippen molar-refractivity contribution in [3.05, 3.63) is 0 Å². The van der Waals surface area contributed by atoms with Crippen LogP contribution in [0.5, 0.6) is 0 Å². The van der Waals surface area contributed by atoms with Crippen LogP contribution in [-0.2, 0) is 10.2 Å². The minimum Gasteiger partial charge on any atom is -0.326 e. The van der Waals surface area contributed by atoms with E-state index in [0.717, 1.165) is 6.42 Å². The number of hydrogen-bond acceptors (Lipinski definition) is 3. The molecule has 0 aromatic rings. The molecule has 0 saturated heterocycles. The lowest BCUT2D eigenvalue weighted by atomic mass is 9.88. The molecule has 86 valence electrons. The predicted octanol–water partition coefficient (Wildman–Crippen LogP) is -0.196. The van der Waals surface area contributed by atoms with Gasteiger partial charge in [-0.15, -0.1) is 0 Å². The average molecular weight is 223 g/mol. The van der Waals surface area contributed by atoms with Gasteiger partial charge in [0.05, 0.1) is 0 Å². The normalized spacial score (nSPS) is 15.5. The fourth-order valence-corrected chi connectivity index (χ4v) is 1.73. The van der Waals surface area contributed by atoms with Gasteiger partial charge in [-0.05, 0) is 11.8 Å². The van der Waals surface area contributed by atoms with Crippen LogP contribution in [0.1, 0.15) is 27.2 Å². The lowest BCUT2D eigenvalue weighted by Crippen LogP contribution is -2.43. The standard InChI is InChI=1S/C8H21N3O2S/c1-8(2,3)5-7(9)6-11-14(12,13)10-4/h7,10-11H,5-6,9H2,1-4H3. The summed E-state index contributed by atoms with van der Waals surface area (Å²) < 4.78 is 26.5. The first-order valence-corrected chi connectivity index (χ1v) is 6.08. The Morgan fingerprint density at radius 3 is 2.21 bits per heavy atom. The monoisotopic (exact) mass is 223 g/mol. The maximum atomic E-state index is 11.0. The third-order valence-corrected chi connectivity index (χ3v) is 2.76. The molecule has 1 atom stereocenters. The Labute approximate surface area is 86.6 Å². The van der Waals surface area contributed by atoms with Gasteiger partial charge in [-0.1, -0.05) is 20.8 Å². The summed E-state index contributed by atoms with van der Waals surface area (Å²) in [6, 6.07) is -0.155. The SMILES string of the molecule is CNS(=O)(=O)NCC(N)CC(C)(C)C. The number of nitrogens with one attached hydrogen (secondary N) is 2. The molecule has 0 fully saturated rings. The van der Waals surface area contributed by atoms with E-state index in [1.54, 1.807) is 0 Å². The maximum absolute atomic E-state index is 11.0. The third kappa shape index (κ3) is 7.25. The molecule has 0 aliphatic rings. The van der Waals surface area contributed by atoms with E-state index in [-0.39, 0.29) is 18.0 Å². The maximum Gasteiger partial charge on any atom is 0.276 e. The lowest BCUT2D eigenvalue weighted by Gasteiger charge is -2.23. The van der Waals surface area contributed by atoms with Crippen molar-refractivity contribution in [2.24, 2.45) is 11.1 Å². The summed E-state index contributed by atoms with van der Waals surface area (Å²) in [6.45, 7) is 6.47. The van der Waals surface area contributed by atoms with Gasteiger partial charge >= 0.3 is 0 Å². The predicted molar refractivity (Wildman–Crippen MR) is 58.0 cm³/mol. The van der Waals surface area contributed by atoms with E-state index in [4.69, 9.17) is 5.73 Å². The van der Waals surface area contributed by atoms with Crippen molar-refractivity contribution in [2.75, 3.05) is 13.6 Å². The molecule has 4 N–H and O–H groups in total. The summed E-state index contributed by atoms with van der Waals surface area (Å²) in [7, 11) is -1.99.